The van der Waals surface area contributed by atoms with Gasteiger partial charge in [0.1, 0.15) is 11.8 Å². The average Bonchev–Trinajstić information content (AvgIpc) is 3.01. The molecule has 0 bridgehead atoms. The van der Waals surface area contributed by atoms with Crippen molar-refractivity contribution in [3.8, 4) is 0 Å². The minimum atomic E-state index is -0.0108. The highest BCUT2D eigenvalue weighted by atomic mass is 16.5. The Kier molecular flexibility index (Phi) is 2.68. The molecule has 0 spiro atoms. The van der Waals surface area contributed by atoms with Gasteiger partial charge in [0, 0.05) is 6.04 Å². The summed E-state index contributed by atoms with van der Waals surface area (Å²) in [5, 5.41) is 12.4. The first-order valence-corrected chi connectivity index (χ1v) is 6.87. The Hall–Kier alpha value is -1.99. The van der Waals surface area contributed by atoms with Gasteiger partial charge in [0.15, 0.2) is 11.5 Å². The van der Waals surface area contributed by atoms with Crippen LogP contribution in [0.15, 0.2) is 24.8 Å². The van der Waals surface area contributed by atoms with E-state index in [9.17, 15) is 0 Å². The third kappa shape index (κ3) is 1.95. The highest BCUT2D eigenvalue weighted by Gasteiger charge is 2.25. The van der Waals surface area contributed by atoms with Crippen molar-refractivity contribution in [3.05, 3.63) is 24.8 Å². The fourth-order valence-electron chi connectivity index (χ4n) is 2.60. The number of hydrogen-bond donors (Lipinski definition) is 3. The Morgan fingerprint density at radius 1 is 1.20 bits per heavy atom. The summed E-state index contributed by atoms with van der Waals surface area (Å²) < 4.78 is 2.03. The highest BCUT2D eigenvalue weighted by Crippen LogP contribution is 2.30. The molecule has 2 heterocycles. The van der Waals surface area contributed by atoms with Crippen LogP contribution in [0, 0.1) is 0 Å². The number of fused-ring (bicyclic) bond motifs is 1. The van der Waals surface area contributed by atoms with Gasteiger partial charge in [0.05, 0.1) is 18.4 Å². The molecule has 1 saturated carbocycles. The predicted molar refractivity (Wildman–Crippen MR) is 73.5 cm³/mol. The number of imidazole rings is 1. The second-order valence-electron chi connectivity index (χ2n) is 5.39. The van der Waals surface area contributed by atoms with E-state index < -0.39 is 0 Å². The maximum Gasteiger partial charge on any atom is 0.165 e. The maximum absolute atomic E-state index is 8.98. The summed E-state index contributed by atoms with van der Waals surface area (Å²) >= 11 is 0. The summed E-state index contributed by atoms with van der Waals surface area (Å²) in [6, 6.07) is 0.685. The Morgan fingerprint density at radius 2 is 2.10 bits per heavy atom. The van der Waals surface area contributed by atoms with E-state index in [-0.39, 0.29) is 12.1 Å². The van der Waals surface area contributed by atoms with Crippen molar-refractivity contribution in [2.24, 2.45) is 0 Å². The molecule has 0 amide bonds. The summed E-state index contributed by atoms with van der Waals surface area (Å²) in [6.45, 7) is 0. The second-order valence-corrected chi connectivity index (χ2v) is 5.39. The van der Waals surface area contributed by atoms with Gasteiger partial charge in [-0.2, -0.15) is 5.48 Å². The monoisotopic (exact) mass is 272 g/mol. The molecule has 2 aliphatic rings. The van der Waals surface area contributed by atoms with Crippen LogP contribution in [0.5, 0.6) is 0 Å². The normalized spacial score (nSPS) is 25.4. The number of hydroxylamine groups is 1. The van der Waals surface area contributed by atoms with E-state index in [1.165, 1.54) is 12.8 Å². The molecule has 104 valence electrons. The number of allylic oxidation sites excluding steroid dienone is 1. The fourth-order valence-corrected chi connectivity index (χ4v) is 2.60. The van der Waals surface area contributed by atoms with Crippen LogP contribution in [0.25, 0.3) is 11.2 Å². The first-order valence-electron chi connectivity index (χ1n) is 6.87. The van der Waals surface area contributed by atoms with Crippen LogP contribution in [0.4, 0.5) is 5.82 Å². The van der Waals surface area contributed by atoms with Gasteiger partial charge in [-0.1, -0.05) is 12.2 Å². The van der Waals surface area contributed by atoms with Gasteiger partial charge in [0.2, 0.25) is 0 Å². The van der Waals surface area contributed by atoms with Crippen molar-refractivity contribution < 1.29 is 5.21 Å². The summed E-state index contributed by atoms with van der Waals surface area (Å²) in [4.78, 5) is 13.1. The van der Waals surface area contributed by atoms with E-state index in [1.54, 1.807) is 12.7 Å². The molecule has 1 fully saturated rings. The van der Waals surface area contributed by atoms with Gasteiger partial charge >= 0.3 is 0 Å². The molecule has 0 aliphatic heterocycles. The Bertz CT molecular complexity index is 662. The number of rotatable bonds is 4. The molecule has 7 nitrogen and oxygen atoms in total. The van der Waals surface area contributed by atoms with Crippen LogP contribution < -0.4 is 10.8 Å². The van der Waals surface area contributed by atoms with E-state index in [1.807, 2.05) is 10.6 Å². The molecule has 2 unspecified atom stereocenters. The lowest BCUT2D eigenvalue weighted by atomic mass is 10.2. The molecule has 0 aromatic carbocycles. The quantitative estimate of drug-likeness (QED) is 0.573. The Morgan fingerprint density at radius 3 is 2.85 bits per heavy atom. The lowest BCUT2D eigenvalue weighted by Crippen LogP contribution is -2.22. The van der Waals surface area contributed by atoms with Gasteiger partial charge in [-0.15, -0.1) is 0 Å². The molecule has 2 aliphatic carbocycles. The third-order valence-electron chi connectivity index (χ3n) is 3.86. The van der Waals surface area contributed by atoms with Crippen molar-refractivity contribution in [2.75, 3.05) is 5.32 Å². The van der Waals surface area contributed by atoms with E-state index in [2.05, 4.69) is 31.8 Å². The third-order valence-corrected chi connectivity index (χ3v) is 3.86. The number of nitrogens with zero attached hydrogens (tertiary/aromatic N) is 4. The number of nitrogens with one attached hydrogen (secondary N) is 2. The molecule has 20 heavy (non-hydrogen) atoms. The van der Waals surface area contributed by atoms with Crippen LogP contribution in [0.3, 0.4) is 0 Å². The molecule has 2 aromatic rings. The molecule has 4 rings (SSSR count). The molecule has 0 radical (unpaired) electrons. The van der Waals surface area contributed by atoms with E-state index in [4.69, 9.17) is 5.21 Å². The maximum atomic E-state index is 8.98. The van der Waals surface area contributed by atoms with Gasteiger partial charge in [-0.25, -0.2) is 15.0 Å². The molecule has 2 atom stereocenters. The van der Waals surface area contributed by atoms with Crippen molar-refractivity contribution in [1.29, 1.82) is 0 Å². The summed E-state index contributed by atoms with van der Waals surface area (Å²) in [6.07, 6.45) is 10.6. The Balaban J connectivity index is 1.69. The number of anilines is 1. The molecular weight excluding hydrogens is 256 g/mol. The standard InChI is InChI=1S/C13H16N6O/c20-18-9-3-4-10(5-9)19-7-16-11-12(17-8-1-2-8)14-6-15-13(11)19/h3-4,6-10,18,20H,1-2,5H2,(H,14,15,17). The minimum absolute atomic E-state index is 0.0108. The summed E-state index contributed by atoms with van der Waals surface area (Å²) in [7, 11) is 0. The van der Waals surface area contributed by atoms with Gasteiger partial charge in [-0.3, -0.25) is 0 Å². The Labute approximate surface area is 115 Å². The van der Waals surface area contributed by atoms with Gasteiger partial charge in [-0.05, 0) is 19.3 Å². The zero-order chi connectivity index (χ0) is 13.5. The molecule has 0 saturated heterocycles. The highest BCUT2D eigenvalue weighted by molar-refractivity contribution is 5.83. The summed E-state index contributed by atoms with van der Waals surface area (Å²) in [5.41, 5.74) is 3.93. The lowest BCUT2D eigenvalue weighted by molar-refractivity contribution is 0.139. The van der Waals surface area contributed by atoms with Crippen LogP contribution in [-0.4, -0.2) is 36.8 Å². The second kappa shape index (κ2) is 4.53. The molecule has 7 heteroatoms. The predicted octanol–water partition coefficient (Wildman–Crippen LogP) is 1.25. The van der Waals surface area contributed by atoms with E-state index >= 15 is 0 Å². The van der Waals surface area contributed by atoms with Crippen LogP contribution in [0.1, 0.15) is 25.3 Å². The fraction of sp³-hybridized carbons (Fsp3) is 0.462. The first-order chi connectivity index (χ1) is 9.85. The lowest BCUT2D eigenvalue weighted by Gasteiger charge is -2.12. The van der Waals surface area contributed by atoms with E-state index in [0.717, 1.165) is 23.4 Å². The molecular formula is C13H16N6O. The molecule has 3 N–H and O–H groups in total. The largest absolute Gasteiger partial charge is 0.365 e. The van der Waals surface area contributed by atoms with Crippen LogP contribution in [0.2, 0.25) is 0 Å². The minimum Gasteiger partial charge on any atom is -0.365 e. The van der Waals surface area contributed by atoms with Crippen molar-refractivity contribution >= 4 is 17.0 Å². The van der Waals surface area contributed by atoms with Crippen molar-refractivity contribution in [1.82, 2.24) is 25.0 Å². The zero-order valence-electron chi connectivity index (χ0n) is 10.9. The van der Waals surface area contributed by atoms with Crippen LogP contribution >= 0.6 is 0 Å². The summed E-state index contributed by atoms with van der Waals surface area (Å²) in [5.74, 6) is 0.815. The SMILES string of the molecule is ONC1C=CC(n2cnc3c(NC4CC4)ncnc32)C1. The first kappa shape index (κ1) is 11.8. The van der Waals surface area contributed by atoms with Crippen molar-refractivity contribution in [3.63, 3.8) is 0 Å². The van der Waals surface area contributed by atoms with Crippen molar-refractivity contribution in [2.45, 2.75) is 37.4 Å². The smallest absolute Gasteiger partial charge is 0.165 e. The van der Waals surface area contributed by atoms with E-state index in [0.29, 0.717) is 6.04 Å². The average molecular weight is 272 g/mol. The zero-order valence-corrected chi connectivity index (χ0v) is 10.9. The number of hydrogen-bond acceptors (Lipinski definition) is 6. The van der Waals surface area contributed by atoms with Crippen LogP contribution in [-0.2, 0) is 0 Å². The topological polar surface area (TPSA) is 87.9 Å². The number of aromatic nitrogens is 4. The molecule has 2 aromatic heterocycles. The van der Waals surface area contributed by atoms with Gasteiger partial charge in [0.25, 0.3) is 0 Å². The van der Waals surface area contributed by atoms with Gasteiger partial charge < -0.3 is 15.1 Å².